The molecule has 1 aromatic rings. The lowest BCUT2D eigenvalue weighted by Gasteiger charge is -2.09. The topological polar surface area (TPSA) is 12.9 Å². The van der Waals surface area contributed by atoms with Crippen LogP contribution in [0.5, 0.6) is 0 Å². The van der Waals surface area contributed by atoms with E-state index in [0.717, 1.165) is 0 Å². The normalized spacial score (nSPS) is 10.5. The quantitative estimate of drug-likeness (QED) is 0.704. The largest absolute Gasteiger partial charge is 0.300 e. The molecular formula is C11H18F2NP. The van der Waals surface area contributed by atoms with Crippen LogP contribution in [-0.2, 0) is 12.1 Å². The second kappa shape index (κ2) is 6.84. The Morgan fingerprint density at radius 1 is 1.27 bits per heavy atom. The van der Waals surface area contributed by atoms with Gasteiger partial charge in [-0.25, -0.2) is 0 Å². The Morgan fingerprint density at radius 2 is 1.80 bits per heavy atom. The van der Waals surface area contributed by atoms with E-state index in [0.29, 0.717) is 12.1 Å². The third-order valence-electron chi connectivity index (χ3n) is 1.51. The van der Waals surface area contributed by atoms with Crippen LogP contribution in [0.1, 0.15) is 38.6 Å². The van der Waals surface area contributed by atoms with Gasteiger partial charge in [0.05, 0.1) is 0 Å². The van der Waals surface area contributed by atoms with Gasteiger partial charge in [-0.15, -0.1) is 0 Å². The Kier molecular flexibility index (Phi) is 6.58. The van der Waals surface area contributed by atoms with Crippen LogP contribution in [-0.4, -0.2) is 4.98 Å². The standard InChI is InChI=1S/C8H10F2NP.C3H8/c1-2-6-4-3-5-7(11-6)8(9,10)12;1-3-2/h3-5H,2,12H2,1H3;3H2,1-2H3. The van der Waals surface area contributed by atoms with E-state index >= 15 is 0 Å². The average molecular weight is 233 g/mol. The zero-order chi connectivity index (χ0) is 11.9. The molecule has 1 aromatic heterocycles. The van der Waals surface area contributed by atoms with E-state index in [-0.39, 0.29) is 5.69 Å². The first kappa shape index (κ1) is 14.4. The van der Waals surface area contributed by atoms with Gasteiger partial charge in [0.1, 0.15) is 5.69 Å². The maximum Gasteiger partial charge on any atom is 0.300 e. The summed E-state index contributed by atoms with van der Waals surface area (Å²) >= 11 is 0. The van der Waals surface area contributed by atoms with E-state index in [1.807, 2.05) is 6.92 Å². The first-order valence-corrected chi connectivity index (χ1v) is 5.66. The minimum atomic E-state index is -2.91. The number of halogens is 2. The van der Waals surface area contributed by atoms with E-state index in [1.165, 1.54) is 21.7 Å². The molecule has 4 heteroatoms. The number of rotatable bonds is 2. The molecule has 0 aromatic carbocycles. The lowest BCUT2D eigenvalue weighted by atomic mass is 10.2. The number of alkyl halides is 2. The fraction of sp³-hybridized carbons (Fsp3) is 0.545. The Labute approximate surface area is 92.5 Å². The van der Waals surface area contributed by atoms with Crippen LogP contribution in [0.15, 0.2) is 18.2 Å². The maximum absolute atomic E-state index is 12.7. The Balaban J connectivity index is 0.000000583. The summed E-state index contributed by atoms with van der Waals surface area (Å²) in [6.07, 6.45) is 1.93. The summed E-state index contributed by atoms with van der Waals surface area (Å²) in [4.78, 5) is 3.79. The monoisotopic (exact) mass is 233 g/mol. The lowest BCUT2D eigenvalue weighted by molar-refractivity contribution is 0.0984. The van der Waals surface area contributed by atoms with Crippen molar-refractivity contribution in [3.63, 3.8) is 0 Å². The summed E-state index contributed by atoms with van der Waals surface area (Å²) in [6.45, 7) is 6.13. The van der Waals surface area contributed by atoms with Gasteiger partial charge in [-0.1, -0.05) is 42.5 Å². The van der Waals surface area contributed by atoms with Gasteiger partial charge in [0.25, 0.3) is 5.66 Å². The minimum Gasteiger partial charge on any atom is -0.251 e. The highest BCUT2D eigenvalue weighted by atomic mass is 31.0. The van der Waals surface area contributed by atoms with Crippen molar-refractivity contribution in [1.82, 2.24) is 4.98 Å². The number of hydrogen-bond donors (Lipinski definition) is 0. The van der Waals surface area contributed by atoms with Gasteiger partial charge in [-0.2, -0.15) is 8.78 Å². The molecule has 0 N–H and O–H groups in total. The Morgan fingerprint density at radius 3 is 2.20 bits per heavy atom. The molecule has 1 rings (SSSR count). The average Bonchev–Trinajstić information content (AvgIpc) is 2.18. The van der Waals surface area contributed by atoms with Crippen LogP contribution in [0.25, 0.3) is 0 Å². The highest BCUT2D eigenvalue weighted by Gasteiger charge is 2.25. The molecule has 0 radical (unpaired) electrons. The third-order valence-corrected chi connectivity index (χ3v) is 1.81. The molecule has 1 unspecified atom stereocenters. The zero-order valence-electron chi connectivity index (χ0n) is 9.43. The Hall–Kier alpha value is -0.560. The van der Waals surface area contributed by atoms with Gasteiger partial charge in [0, 0.05) is 5.69 Å². The van der Waals surface area contributed by atoms with Gasteiger partial charge in [-0.05, 0) is 18.6 Å². The number of nitrogens with zero attached hydrogens (tertiary/aromatic N) is 1. The summed E-state index contributed by atoms with van der Waals surface area (Å²) in [5.41, 5.74) is -2.41. The fourth-order valence-electron chi connectivity index (χ4n) is 0.862. The van der Waals surface area contributed by atoms with E-state index in [2.05, 4.69) is 18.8 Å². The summed E-state index contributed by atoms with van der Waals surface area (Å²) in [5, 5.41) is 0. The molecule has 1 atom stereocenters. The summed E-state index contributed by atoms with van der Waals surface area (Å²) in [7, 11) is 1.48. The van der Waals surface area contributed by atoms with Crippen LogP contribution in [0.2, 0.25) is 0 Å². The van der Waals surface area contributed by atoms with Gasteiger partial charge in [0.15, 0.2) is 0 Å². The lowest BCUT2D eigenvalue weighted by Crippen LogP contribution is -2.06. The molecule has 0 fully saturated rings. The minimum absolute atomic E-state index is 0.188. The van der Waals surface area contributed by atoms with Gasteiger partial charge in [0.2, 0.25) is 0 Å². The number of hydrogen-bond acceptors (Lipinski definition) is 1. The predicted octanol–water partition coefficient (Wildman–Crippen LogP) is 3.98. The van der Waals surface area contributed by atoms with Crippen LogP contribution in [0, 0.1) is 0 Å². The molecule has 0 amide bonds. The zero-order valence-corrected chi connectivity index (χ0v) is 10.6. The Bertz CT molecular complexity index is 284. The molecule has 0 aliphatic carbocycles. The van der Waals surface area contributed by atoms with Crippen molar-refractivity contribution in [2.24, 2.45) is 0 Å². The number of aryl methyl sites for hydroxylation is 1. The predicted molar refractivity (Wildman–Crippen MR) is 63.2 cm³/mol. The number of aromatic nitrogens is 1. The van der Waals surface area contributed by atoms with Crippen LogP contribution in [0.4, 0.5) is 8.78 Å². The highest BCUT2D eigenvalue weighted by Crippen LogP contribution is 2.33. The highest BCUT2D eigenvalue weighted by molar-refractivity contribution is 7.17. The molecule has 86 valence electrons. The maximum atomic E-state index is 12.7. The first-order valence-electron chi connectivity index (χ1n) is 5.08. The van der Waals surface area contributed by atoms with Gasteiger partial charge >= 0.3 is 0 Å². The van der Waals surface area contributed by atoms with Crippen LogP contribution in [0.3, 0.4) is 0 Å². The molecule has 0 bridgehead atoms. The van der Waals surface area contributed by atoms with Crippen molar-refractivity contribution in [3.05, 3.63) is 29.6 Å². The van der Waals surface area contributed by atoms with Crippen molar-refractivity contribution in [1.29, 1.82) is 0 Å². The van der Waals surface area contributed by atoms with E-state index < -0.39 is 5.66 Å². The van der Waals surface area contributed by atoms with Crippen LogP contribution < -0.4 is 0 Å². The first-order chi connectivity index (χ1) is 6.95. The number of pyridine rings is 1. The van der Waals surface area contributed by atoms with E-state index in [4.69, 9.17) is 0 Å². The van der Waals surface area contributed by atoms with Crippen molar-refractivity contribution in [2.45, 2.75) is 39.3 Å². The smallest absolute Gasteiger partial charge is 0.251 e. The van der Waals surface area contributed by atoms with E-state index in [1.54, 1.807) is 12.1 Å². The van der Waals surface area contributed by atoms with Crippen molar-refractivity contribution >= 4 is 9.24 Å². The van der Waals surface area contributed by atoms with Crippen molar-refractivity contribution < 1.29 is 8.78 Å². The summed E-state index contributed by atoms with van der Waals surface area (Å²) < 4.78 is 25.3. The molecule has 0 saturated carbocycles. The molecular weight excluding hydrogens is 215 g/mol. The summed E-state index contributed by atoms with van der Waals surface area (Å²) in [6, 6.07) is 4.66. The molecule has 0 aliphatic heterocycles. The second-order valence-electron chi connectivity index (χ2n) is 3.20. The molecule has 0 saturated heterocycles. The van der Waals surface area contributed by atoms with Crippen molar-refractivity contribution in [3.8, 4) is 0 Å². The van der Waals surface area contributed by atoms with Crippen molar-refractivity contribution in [2.75, 3.05) is 0 Å². The molecule has 1 heterocycles. The van der Waals surface area contributed by atoms with E-state index in [9.17, 15) is 8.78 Å². The molecule has 0 spiro atoms. The molecule has 0 aliphatic rings. The fourth-order valence-corrected chi connectivity index (χ4v) is 1.02. The van der Waals surface area contributed by atoms with Crippen LogP contribution >= 0.6 is 9.24 Å². The second-order valence-corrected chi connectivity index (χ2v) is 3.92. The molecule has 15 heavy (non-hydrogen) atoms. The third kappa shape index (κ3) is 5.78. The van der Waals surface area contributed by atoms with Gasteiger partial charge < -0.3 is 0 Å². The molecule has 1 nitrogen and oxygen atoms in total. The SMILES string of the molecule is CCC.CCc1cccc(C(F)(F)P)n1. The summed E-state index contributed by atoms with van der Waals surface area (Å²) in [5.74, 6) is 0. The van der Waals surface area contributed by atoms with Gasteiger partial charge in [-0.3, -0.25) is 4.98 Å².